The van der Waals surface area contributed by atoms with Crippen molar-refractivity contribution in [2.75, 3.05) is 56.9 Å². The molecular weight excluding hydrogens is 383 g/mol. The lowest BCUT2D eigenvalue weighted by molar-refractivity contribution is -0.137. The number of hydrazine groups is 1. The Balaban J connectivity index is 2.21. The number of likely N-dealkylation sites (N-methyl/N-ethyl adjacent to an activating group) is 2. The summed E-state index contributed by atoms with van der Waals surface area (Å²) in [5.74, 6) is -0.494. The lowest BCUT2D eigenvalue weighted by atomic mass is 10.1. The Hall–Kier alpha value is -2.78. The molecule has 0 spiro atoms. The molecular formula is C20H26F3N5O. The molecule has 0 bridgehead atoms. The van der Waals surface area contributed by atoms with Gasteiger partial charge >= 0.3 is 6.18 Å². The molecule has 2 rings (SSSR count). The van der Waals surface area contributed by atoms with Gasteiger partial charge < -0.3 is 20.5 Å². The van der Waals surface area contributed by atoms with Gasteiger partial charge in [0.05, 0.1) is 16.9 Å². The molecule has 0 unspecified atom stereocenters. The van der Waals surface area contributed by atoms with Crippen molar-refractivity contribution in [3.63, 3.8) is 0 Å². The predicted octanol–water partition coefficient (Wildman–Crippen LogP) is 3.50. The number of anilines is 3. The maximum Gasteiger partial charge on any atom is 0.416 e. The van der Waals surface area contributed by atoms with E-state index in [1.165, 1.54) is 12.1 Å². The standard InChI is InChI=1S/C20H26F3N5O/c1-24-26-17-12-14(8-9-18(17)28(4)11-10-27(2)3)19(29)25-16-7-5-6-15(13-16)20(21,22)23/h5-9,12-13,24,26H,10-11H2,1-4H3,(H,25,29). The first-order chi connectivity index (χ1) is 13.6. The highest BCUT2D eigenvalue weighted by molar-refractivity contribution is 6.05. The Morgan fingerprint density at radius 3 is 2.38 bits per heavy atom. The summed E-state index contributed by atoms with van der Waals surface area (Å²) in [5, 5.41) is 2.52. The SMILES string of the molecule is CNNc1cc(C(=O)Nc2cccc(C(F)(F)F)c2)ccc1N(C)CCN(C)C. The third-order valence-corrected chi connectivity index (χ3v) is 4.26. The van der Waals surface area contributed by atoms with Gasteiger partial charge in [-0.3, -0.25) is 4.79 Å². The normalized spacial score (nSPS) is 11.4. The molecule has 0 aliphatic carbocycles. The van der Waals surface area contributed by atoms with Crippen LogP contribution in [0.15, 0.2) is 42.5 Å². The van der Waals surface area contributed by atoms with E-state index in [1.54, 1.807) is 25.2 Å². The van der Waals surface area contributed by atoms with E-state index < -0.39 is 17.6 Å². The topological polar surface area (TPSA) is 59.6 Å². The number of nitrogens with zero attached hydrogens (tertiary/aromatic N) is 2. The summed E-state index contributed by atoms with van der Waals surface area (Å²) < 4.78 is 38.6. The first-order valence-corrected chi connectivity index (χ1v) is 9.03. The van der Waals surface area contributed by atoms with Crippen molar-refractivity contribution in [3.8, 4) is 0 Å². The summed E-state index contributed by atoms with van der Waals surface area (Å²) in [5.41, 5.74) is 7.00. The van der Waals surface area contributed by atoms with E-state index in [2.05, 4.69) is 21.1 Å². The van der Waals surface area contributed by atoms with Crippen LogP contribution in [0.2, 0.25) is 0 Å². The molecule has 0 aliphatic heterocycles. The first-order valence-electron chi connectivity index (χ1n) is 9.03. The Morgan fingerprint density at radius 2 is 1.76 bits per heavy atom. The second-order valence-electron chi connectivity index (χ2n) is 6.86. The van der Waals surface area contributed by atoms with Gasteiger partial charge in [0.2, 0.25) is 0 Å². The highest BCUT2D eigenvalue weighted by atomic mass is 19.4. The van der Waals surface area contributed by atoms with E-state index in [0.29, 0.717) is 11.3 Å². The average molecular weight is 409 g/mol. The van der Waals surface area contributed by atoms with Gasteiger partial charge in [-0.2, -0.15) is 13.2 Å². The molecule has 3 N–H and O–H groups in total. The quantitative estimate of drug-likeness (QED) is 0.583. The molecule has 0 atom stereocenters. The van der Waals surface area contributed by atoms with E-state index in [9.17, 15) is 18.0 Å². The van der Waals surface area contributed by atoms with E-state index in [-0.39, 0.29) is 5.69 Å². The third kappa shape index (κ3) is 6.37. The fraction of sp³-hybridized carbons (Fsp3) is 0.350. The van der Waals surface area contributed by atoms with Gasteiger partial charge in [0.1, 0.15) is 0 Å². The number of nitrogens with one attached hydrogen (secondary N) is 3. The van der Waals surface area contributed by atoms with Crippen molar-refractivity contribution in [3.05, 3.63) is 53.6 Å². The maximum atomic E-state index is 12.9. The van der Waals surface area contributed by atoms with E-state index in [0.717, 1.165) is 30.9 Å². The average Bonchev–Trinajstić information content (AvgIpc) is 2.66. The van der Waals surface area contributed by atoms with Gasteiger partial charge in [0.15, 0.2) is 0 Å². The molecule has 0 saturated heterocycles. The minimum atomic E-state index is -4.47. The fourth-order valence-electron chi connectivity index (χ4n) is 2.69. The first kappa shape index (κ1) is 22.5. The van der Waals surface area contributed by atoms with Crippen molar-refractivity contribution >= 4 is 23.0 Å². The number of carbonyl (C=O) groups excluding carboxylic acids is 1. The van der Waals surface area contributed by atoms with Crippen LogP contribution in [0.3, 0.4) is 0 Å². The zero-order valence-corrected chi connectivity index (χ0v) is 16.9. The highest BCUT2D eigenvalue weighted by Crippen LogP contribution is 2.31. The number of benzene rings is 2. The van der Waals surface area contributed by atoms with Crippen LogP contribution < -0.4 is 21.1 Å². The molecule has 0 aromatic heterocycles. The van der Waals surface area contributed by atoms with Crippen LogP contribution in [0.5, 0.6) is 0 Å². The maximum absolute atomic E-state index is 12.9. The van der Waals surface area contributed by atoms with Crippen molar-refractivity contribution in [1.29, 1.82) is 0 Å². The van der Waals surface area contributed by atoms with E-state index >= 15 is 0 Å². The molecule has 9 heteroatoms. The number of carbonyl (C=O) groups is 1. The summed E-state index contributed by atoms with van der Waals surface area (Å²) in [4.78, 5) is 16.7. The molecule has 29 heavy (non-hydrogen) atoms. The lowest BCUT2D eigenvalue weighted by Gasteiger charge is -2.25. The predicted molar refractivity (Wildman–Crippen MR) is 110 cm³/mol. The molecule has 0 aliphatic rings. The van der Waals surface area contributed by atoms with Crippen LogP contribution in [-0.4, -0.2) is 52.1 Å². The smallest absolute Gasteiger partial charge is 0.372 e. The minimum Gasteiger partial charge on any atom is -0.372 e. The molecule has 158 valence electrons. The largest absolute Gasteiger partial charge is 0.416 e. The van der Waals surface area contributed by atoms with Crippen LogP contribution in [0, 0.1) is 0 Å². The number of hydrogen-bond donors (Lipinski definition) is 3. The van der Waals surface area contributed by atoms with Gasteiger partial charge in [-0.05, 0) is 50.5 Å². The van der Waals surface area contributed by atoms with Crippen LogP contribution in [0.4, 0.5) is 30.2 Å². The number of amides is 1. The van der Waals surface area contributed by atoms with Crippen LogP contribution >= 0.6 is 0 Å². The minimum absolute atomic E-state index is 0.0835. The Kier molecular flexibility index (Phi) is 7.46. The number of hydrogen-bond acceptors (Lipinski definition) is 5. The highest BCUT2D eigenvalue weighted by Gasteiger charge is 2.30. The van der Waals surface area contributed by atoms with Crippen LogP contribution in [0.25, 0.3) is 0 Å². The molecule has 2 aromatic rings. The molecule has 0 saturated carbocycles. The zero-order chi connectivity index (χ0) is 21.6. The zero-order valence-electron chi connectivity index (χ0n) is 16.9. The Labute approximate surface area is 168 Å². The third-order valence-electron chi connectivity index (χ3n) is 4.26. The van der Waals surface area contributed by atoms with Crippen molar-refractivity contribution < 1.29 is 18.0 Å². The monoisotopic (exact) mass is 409 g/mol. The molecule has 6 nitrogen and oxygen atoms in total. The van der Waals surface area contributed by atoms with Crippen molar-refractivity contribution in [2.24, 2.45) is 0 Å². The summed E-state index contributed by atoms with van der Waals surface area (Å²) in [6.45, 7) is 1.63. The summed E-state index contributed by atoms with van der Waals surface area (Å²) in [6.07, 6.45) is -4.47. The lowest BCUT2D eigenvalue weighted by Crippen LogP contribution is -2.29. The van der Waals surface area contributed by atoms with Crippen molar-refractivity contribution in [2.45, 2.75) is 6.18 Å². The molecule has 0 radical (unpaired) electrons. The summed E-state index contributed by atoms with van der Waals surface area (Å²) >= 11 is 0. The molecule has 0 heterocycles. The van der Waals surface area contributed by atoms with Gasteiger partial charge in [0, 0.05) is 38.4 Å². The van der Waals surface area contributed by atoms with E-state index in [1.807, 2.05) is 26.0 Å². The van der Waals surface area contributed by atoms with Gasteiger partial charge in [-0.25, -0.2) is 5.43 Å². The van der Waals surface area contributed by atoms with Crippen molar-refractivity contribution in [1.82, 2.24) is 10.3 Å². The van der Waals surface area contributed by atoms with Gasteiger partial charge in [-0.1, -0.05) is 6.07 Å². The second-order valence-corrected chi connectivity index (χ2v) is 6.86. The summed E-state index contributed by atoms with van der Waals surface area (Å²) in [7, 11) is 7.63. The van der Waals surface area contributed by atoms with Gasteiger partial charge in [0.25, 0.3) is 5.91 Å². The van der Waals surface area contributed by atoms with E-state index in [4.69, 9.17) is 0 Å². The van der Waals surface area contributed by atoms with Crippen LogP contribution in [-0.2, 0) is 6.18 Å². The van der Waals surface area contributed by atoms with Gasteiger partial charge in [-0.15, -0.1) is 0 Å². The number of rotatable bonds is 8. The fourth-order valence-corrected chi connectivity index (χ4v) is 2.69. The molecule has 0 fully saturated rings. The Morgan fingerprint density at radius 1 is 1.03 bits per heavy atom. The summed E-state index contributed by atoms with van der Waals surface area (Å²) in [6, 6.07) is 9.65. The second kappa shape index (κ2) is 9.62. The Bertz CT molecular complexity index is 839. The number of halogens is 3. The number of alkyl halides is 3. The van der Waals surface area contributed by atoms with Crippen LogP contribution in [0.1, 0.15) is 15.9 Å². The molecule has 2 aromatic carbocycles. The molecule has 1 amide bonds.